The van der Waals surface area contributed by atoms with Crippen LogP contribution >= 0.6 is 11.6 Å². The normalized spacial score (nSPS) is 17.3. The molecule has 1 saturated heterocycles. The van der Waals surface area contributed by atoms with Crippen LogP contribution in [-0.2, 0) is 16.0 Å². The van der Waals surface area contributed by atoms with Crippen LogP contribution < -0.4 is 4.74 Å². The molecule has 0 saturated carbocycles. The Morgan fingerprint density at radius 3 is 2.69 bits per heavy atom. The number of amides is 1. The molecule has 5 rings (SSSR count). The summed E-state index contributed by atoms with van der Waals surface area (Å²) in [5.74, 6) is -0.899. The molecule has 2 aromatic heterocycles. The summed E-state index contributed by atoms with van der Waals surface area (Å²) in [6.07, 6.45) is 5.62. The third kappa shape index (κ3) is 4.15. The van der Waals surface area contributed by atoms with Crippen LogP contribution in [0.5, 0.6) is 5.75 Å². The van der Waals surface area contributed by atoms with Gasteiger partial charge in [0.2, 0.25) is 0 Å². The Morgan fingerprint density at radius 1 is 1.17 bits per heavy atom. The Balaban J connectivity index is 1.54. The van der Waals surface area contributed by atoms with Crippen LogP contribution in [0, 0.1) is 0 Å². The van der Waals surface area contributed by atoms with Crippen molar-refractivity contribution < 1.29 is 19.4 Å². The number of halogens is 1. The molecule has 1 aliphatic heterocycles. The first-order chi connectivity index (χ1) is 17.0. The Hall–Kier alpha value is -4.10. The van der Waals surface area contributed by atoms with Crippen LogP contribution in [0.2, 0.25) is 5.02 Å². The van der Waals surface area contributed by atoms with Gasteiger partial charge in [0.25, 0.3) is 11.7 Å². The molecule has 0 radical (unpaired) electrons. The van der Waals surface area contributed by atoms with Crippen molar-refractivity contribution >= 4 is 40.0 Å². The van der Waals surface area contributed by atoms with E-state index >= 15 is 0 Å². The van der Waals surface area contributed by atoms with E-state index in [9.17, 15) is 14.7 Å². The van der Waals surface area contributed by atoms with Gasteiger partial charge in [-0.05, 0) is 66.1 Å². The van der Waals surface area contributed by atoms with Gasteiger partial charge in [-0.15, -0.1) is 0 Å². The largest absolute Gasteiger partial charge is 0.507 e. The molecule has 2 N–H and O–H groups in total. The SMILES string of the molecule is COc1ccc2[nH]cc(CCN3C(=O)C(=O)C(=C(O)c4ccc(Cl)cc4)[C@H]3c3cccnc3)c2c1. The molecular weight excluding hydrogens is 466 g/mol. The molecular formula is C27H22ClN3O4. The predicted octanol–water partition coefficient (Wildman–Crippen LogP) is 4.89. The minimum atomic E-state index is -0.765. The number of Topliss-reactive ketones (excluding diaryl/α,β-unsaturated/α-hetero) is 1. The number of likely N-dealkylation sites (tertiary alicyclic amines) is 1. The van der Waals surface area contributed by atoms with Crippen LogP contribution in [-0.4, -0.2) is 45.3 Å². The molecule has 3 heterocycles. The number of hydrogen-bond acceptors (Lipinski definition) is 5. The number of aromatic amines is 1. The van der Waals surface area contributed by atoms with Crippen molar-refractivity contribution in [2.45, 2.75) is 12.5 Å². The number of ketones is 1. The zero-order valence-corrected chi connectivity index (χ0v) is 19.6. The number of carbonyl (C=O) groups is 2. The van der Waals surface area contributed by atoms with Crippen molar-refractivity contribution in [1.82, 2.24) is 14.9 Å². The van der Waals surface area contributed by atoms with Crippen molar-refractivity contribution in [2.24, 2.45) is 0 Å². The molecule has 1 aliphatic rings. The number of H-pyrrole nitrogens is 1. The highest BCUT2D eigenvalue weighted by molar-refractivity contribution is 6.46. The molecule has 0 unspecified atom stereocenters. The summed E-state index contributed by atoms with van der Waals surface area (Å²) in [5.41, 5.74) is 3.02. The lowest BCUT2D eigenvalue weighted by Gasteiger charge is -2.25. The fourth-order valence-corrected chi connectivity index (χ4v) is 4.62. The summed E-state index contributed by atoms with van der Waals surface area (Å²) in [4.78, 5) is 35.2. The van der Waals surface area contributed by atoms with Gasteiger partial charge in [-0.25, -0.2) is 0 Å². The zero-order valence-electron chi connectivity index (χ0n) is 18.9. The van der Waals surface area contributed by atoms with Gasteiger partial charge in [0, 0.05) is 46.6 Å². The maximum Gasteiger partial charge on any atom is 0.295 e. The van der Waals surface area contributed by atoms with Crippen molar-refractivity contribution in [3.63, 3.8) is 0 Å². The molecule has 0 spiro atoms. The Morgan fingerprint density at radius 2 is 1.97 bits per heavy atom. The Kier molecular flexibility index (Phi) is 6.01. The third-order valence-corrected chi connectivity index (χ3v) is 6.51. The second kappa shape index (κ2) is 9.27. The average molecular weight is 488 g/mol. The minimum Gasteiger partial charge on any atom is -0.507 e. The maximum absolute atomic E-state index is 13.2. The topological polar surface area (TPSA) is 95.5 Å². The third-order valence-electron chi connectivity index (χ3n) is 6.25. The molecule has 4 aromatic rings. The van der Waals surface area contributed by atoms with Gasteiger partial charge in [-0.3, -0.25) is 14.6 Å². The van der Waals surface area contributed by atoms with E-state index in [1.807, 2.05) is 24.4 Å². The number of aliphatic hydroxyl groups is 1. The van der Waals surface area contributed by atoms with Gasteiger partial charge in [0.05, 0.1) is 18.7 Å². The van der Waals surface area contributed by atoms with Gasteiger partial charge in [-0.1, -0.05) is 17.7 Å². The van der Waals surface area contributed by atoms with Crippen molar-refractivity contribution in [2.75, 3.05) is 13.7 Å². The number of ether oxygens (including phenoxy) is 1. The molecule has 0 aliphatic carbocycles. The monoisotopic (exact) mass is 487 g/mol. The molecule has 0 bridgehead atoms. The summed E-state index contributed by atoms with van der Waals surface area (Å²) in [6, 6.07) is 15.0. The van der Waals surface area contributed by atoms with E-state index in [4.69, 9.17) is 16.3 Å². The first kappa shape index (κ1) is 22.7. The number of hydrogen-bond donors (Lipinski definition) is 2. The van der Waals surface area contributed by atoms with E-state index in [2.05, 4.69) is 9.97 Å². The lowest BCUT2D eigenvalue weighted by atomic mass is 9.96. The second-order valence-corrected chi connectivity index (χ2v) is 8.70. The maximum atomic E-state index is 13.2. The fourth-order valence-electron chi connectivity index (χ4n) is 4.49. The van der Waals surface area contributed by atoms with Gasteiger partial charge >= 0.3 is 0 Å². The number of aliphatic hydroxyl groups excluding tert-OH is 1. The fraction of sp³-hybridized carbons (Fsp3) is 0.148. The van der Waals surface area contributed by atoms with Gasteiger partial charge < -0.3 is 19.7 Å². The quantitative estimate of drug-likeness (QED) is 0.229. The summed E-state index contributed by atoms with van der Waals surface area (Å²) >= 11 is 5.98. The summed E-state index contributed by atoms with van der Waals surface area (Å²) < 4.78 is 5.35. The summed E-state index contributed by atoms with van der Waals surface area (Å²) in [5, 5.41) is 12.6. The van der Waals surface area contributed by atoms with Crippen LogP contribution in [0.4, 0.5) is 0 Å². The number of aromatic nitrogens is 2. The van der Waals surface area contributed by atoms with E-state index in [0.29, 0.717) is 22.6 Å². The number of carbonyl (C=O) groups excluding carboxylic acids is 2. The van der Waals surface area contributed by atoms with E-state index in [1.54, 1.807) is 55.9 Å². The molecule has 1 fully saturated rings. The number of pyridine rings is 1. The van der Waals surface area contributed by atoms with Crippen molar-refractivity contribution in [3.8, 4) is 5.75 Å². The average Bonchev–Trinajstić information content (AvgIpc) is 3.40. The number of benzene rings is 2. The number of nitrogens with zero attached hydrogens (tertiary/aromatic N) is 2. The highest BCUT2D eigenvalue weighted by Gasteiger charge is 2.46. The molecule has 2 aromatic carbocycles. The molecule has 8 heteroatoms. The first-order valence-electron chi connectivity index (χ1n) is 11.1. The second-order valence-electron chi connectivity index (χ2n) is 8.26. The van der Waals surface area contributed by atoms with Gasteiger partial charge in [0.15, 0.2) is 0 Å². The standard InChI is InChI=1S/C27H22ClN3O4/c1-35-20-8-9-22-21(13-20)17(15-30-22)10-12-31-24(18-3-2-11-29-14-18)23(26(33)27(31)34)25(32)16-4-6-19(28)7-5-16/h2-9,11,13-15,24,30,32H,10,12H2,1H3/t24-/m1/s1. The van der Waals surface area contributed by atoms with Crippen LogP contribution in [0.25, 0.3) is 16.7 Å². The smallest absolute Gasteiger partial charge is 0.295 e. The highest BCUT2D eigenvalue weighted by Crippen LogP contribution is 2.39. The van der Waals surface area contributed by atoms with Crippen LogP contribution in [0.1, 0.15) is 22.7 Å². The van der Waals surface area contributed by atoms with Crippen LogP contribution in [0.15, 0.2) is 78.8 Å². The highest BCUT2D eigenvalue weighted by atomic mass is 35.5. The first-order valence-corrected chi connectivity index (χ1v) is 11.4. The predicted molar refractivity (Wildman–Crippen MR) is 133 cm³/mol. The Labute approximate surface area is 206 Å². The molecule has 176 valence electrons. The number of methoxy groups -OCH3 is 1. The zero-order chi connectivity index (χ0) is 24.5. The van der Waals surface area contributed by atoms with E-state index < -0.39 is 17.7 Å². The molecule has 7 nitrogen and oxygen atoms in total. The van der Waals surface area contributed by atoms with E-state index in [0.717, 1.165) is 22.2 Å². The Bertz CT molecular complexity index is 1440. The van der Waals surface area contributed by atoms with Crippen LogP contribution in [0.3, 0.4) is 0 Å². The van der Waals surface area contributed by atoms with Gasteiger partial charge in [0.1, 0.15) is 11.5 Å². The number of fused-ring (bicyclic) bond motifs is 1. The number of rotatable bonds is 6. The minimum absolute atomic E-state index is 0.0333. The lowest BCUT2D eigenvalue weighted by molar-refractivity contribution is -0.139. The lowest BCUT2D eigenvalue weighted by Crippen LogP contribution is -2.31. The van der Waals surface area contributed by atoms with E-state index in [-0.39, 0.29) is 17.9 Å². The van der Waals surface area contributed by atoms with E-state index in [1.165, 1.54) is 4.90 Å². The van der Waals surface area contributed by atoms with Crippen molar-refractivity contribution in [1.29, 1.82) is 0 Å². The molecule has 35 heavy (non-hydrogen) atoms. The molecule has 1 amide bonds. The van der Waals surface area contributed by atoms with Gasteiger partial charge in [-0.2, -0.15) is 0 Å². The summed E-state index contributed by atoms with van der Waals surface area (Å²) in [6.45, 7) is 0.270. The summed E-state index contributed by atoms with van der Waals surface area (Å²) in [7, 11) is 1.61. The molecule has 1 atom stereocenters. The number of nitrogens with one attached hydrogen (secondary N) is 1. The van der Waals surface area contributed by atoms with Crippen molar-refractivity contribution in [3.05, 3.63) is 100 Å².